The Balaban J connectivity index is 1.93. The van der Waals surface area contributed by atoms with Gasteiger partial charge in [-0.25, -0.2) is 14.3 Å². The highest BCUT2D eigenvalue weighted by atomic mass is 16.2. The molecule has 0 aliphatic rings. The molecule has 6 nitrogen and oxygen atoms in total. The van der Waals surface area contributed by atoms with E-state index in [1.165, 1.54) is 9.13 Å². The van der Waals surface area contributed by atoms with Crippen molar-refractivity contribution < 1.29 is 0 Å². The third-order valence-corrected chi connectivity index (χ3v) is 4.72. The SMILES string of the molecule is CCn1cnc2c1c(=O)n(CCc1ccccc1)c(=O)n2-c1ccccc1. The molecular weight excluding hydrogens is 340 g/mol. The molecule has 0 unspecified atom stereocenters. The molecule has 0 saturated heterocycles. The molecule has 0 atom stereocenters. The van der Waals surface area contributed by atoms with Gasteiger partial charge in [0.25, 0.3) is 5.56 Å². The second-order valence-electron chi connectivity index (χ2n) is 6.35. The summed E-state index contributed by atoms with van der Waals surface area (Å²) in [5.41, 5.74) is 1.97. The summed E-state index contributed by atoms with van der Waals surface area (Å²) in [6, 6.07) is 19.2. The van der Waals surface area contributed by atoms with Crippen molar-refractivity contribution in [2.24, 2.45) is 0 Å². The monoisotopic (exact) mass is 360 g/mol. The Morgan fingerprint density at radius 2 is 1.59 bits per heavy atom. The normalized spacial score (nSPS) is 11.1. The van der Waals surface area contributed by atoms with E-state index in [9.17, 15) is 9.59 Å². The molecular formula is C21H20N4O2. The lowest BCUT2D eigenvalue weighted by Crippen LogP contribution is -2.40. The fourth-order valence-corrected chi connectivity index (χ4v) is 3.31. The fraction of sp³-hybridized carbons (Fsp3) is 0.190. The first-order valence-electron chi connectivity index (χ1n) is 9.00. The minimum atomic E-state index is -0.365. The van der Waals surface area contributed by atoms with Crippen molar-refractivity contribution in [3.8, 4) is 5.69 Å². The molecule has 0 aliphatic carbocycles. The van der Waals surface area contributed by atoms with Crippen molar-refractivity contribution in [1.29, 1.82) is 0 Å². The summed E-state index contributed by atoms with van der Waals surface area (Å²) < 4.78 is 4.62. The smallest absolute Gasteiger partial charge is 0.325 e. The van der Waals surface area contributed by atoms with Gasteiger partial charge in [-0.15, -0.1) is 0 Å². The van der Waals surface area contributed by atoms with Crippen LogP contribution < -0.4 is 11.2 Å². The summed E-state index contributed by atoms with van der Waals surface area (Å²) in [5.74, 6) is 0. The molecule has 0 spiro atoms. The van der Waals surface area contributed by atoms with E-state index in [0.717, 1.165) is 5.56 Å². The quantitative estimate of drug-likeness (QED) is 0.550. The van der Waals surface area contributed by atoms with Crippen LogP contribution in [0.3, 0.4) is 0 Å². The Hall–Kier alpha value is -3.41. The Morgan fingerprint density at radius 3 is 2.26 bits per heavy atom. The van der Waals surface area contributed by atoms with Crippen LogP contribution in [0.2, 0.25) is 0 Å². The van der Waals surface area contributed by atoms with Gasteiger partial charge in [0.05, 0.1) is 12.0 Å². The number of hydrogen-bond donors (Lipinski definition) is 0. The molecule has 2 heterocycles. The van der Waals surface area contributed by atoms with Crippen LogP contribution in [0, 0.1) is 0 Å². The molecule has 0 fully saturated rings. The molecule has 27 heavy (non-hydrogen) atoms. The predicted octanol–water partition coefficient (Wildman–Crippen LogP) is 2.61. The number of imidazole rings is 1. The van der Waals surface area contributed by atoms with Crippen molar-refractivity contribution in [3.63, 3.8) is 0 Å². The minimum Gasteiger partial charge on any atom is -0.325 e. The topological polar surface area (TPSA) is 61.8 Å². The first kappa shape index (κ1) is 17.0. The van der Waals surface area contributed by atoms with Crippen LogP contribution in [0.1, 0.15) is 12.5 Å². The zero-order chi connectivity index (χ0) is 18.8. The number of aromatic nitrogens is 4. The van der Waals surface area contributed by atoms with Crippen LogP contribution >= 0.6 is 0 Å². The molecule has 0 N–H and O–H groups in total. The molecule has 2 aromatic heterocycles. The molecule has 0 radical (unpaired) electrons. The molecule has 6 heteroatoms. The summed E-state index contributed by atoms with van der Waals surface area (Å²) in [6.07, 6.45) is 2.23. The Labute approximate surface area is 156 Å². The van der Waals surface area contributed by atoms with E-state index in [4.69, 9.17) is 0 Å². The van der Waals surface area contributed by atoms with E-state index < -0.39 is 0 Å². The second-order valence-corrected chi connectivity index (χ2v) is 6.35. The highest BCUT2D eigenvalue weighted by molar-refractivity contribution is 5.72. The number of nitrogens with zero attached hydrogens (tertiary/aromatic N) is 4. The van der Waals surface area contributed by atoms with Crippen molar-refractivity contribution in [3.05, 3.63) is 93.4 Å². The summed E-state index contributed by atoms with van der Waals surface area (Å²) >= 11 is 0. The van der Waals surface area contributed by atoms with Crippen LogP contribution in [-0.2, 0) is 19.5 Å². The number of benzene rings is 2. The maximum absolute atomic E-state index is 13.2. The van der Waals surface area contributed by atoms with Crippen LogP contribution in [0.15, 0.2) is 76.6 Å². The summed E-state index contributed by atoms with van der Waals surface area (Å²) in [4.78, 5) is 30.6. The standard InChI is InChI=1S/C21H20N4O2/c1-2-23-15-22-19-18(23)20(26)24(14-13-16-9-5-3-6-10-16)21(27)25(19)17-11-7-4-8-12-17/h3-12,15H,2,13-14H2,1H3. The van der Waals surface area contributed by atoms with Gasteiger partial charge in [0.2, 0.25) is 0 Å². The predicted molar refractivity (Wildman–Crippen MR) is 105 cm³/mol. The number of fused-ring (bicyclic) bond motifs is 1. The Morgan fingerprint density at radius 1 is 0.926 bits per heavy atom. The fourth-order valence-electron chi connectivity index (χ4n) is 3.31. The lowest BCUT2D eigenvalue weighted by molar-refractivity contribution is 0.615. The Kier molecular flexibility index (Phi) is 4.46. The summed E-state index contributed by atoms with van der Waals surface area (Å²) in [7, 11) is 0. The van der Waals surface area contributed by atoms with Gasteiger partial charge in [0.1, 0.15) is 0 Å². The molecule has 0 saturated carbocycles. The van der Waals surface area contributed by atoms with Crippen LogP contribution in [0.5, 0.6) is 0 Å². The molecule has 4 aromatic rings. The van der Waals surface area contributed by atoms with Gasteiger partial charge in [0.15, 0.2) is 11.2 Å². The third-order valence-electron chi connectivity index (χ3n) is 4.72. The van der Waals surface area contributed by atoms with Crippen molar-refractivity contribution in [2.75, 3.05) is 0 Å². The van der Waals surface area contributed by atoms with Gasteiger partial charge in [-0.2, -0.15) is 0 Å². The molecule has 0 amide bonds. The lowest BCUT2D eigenvalue weighted by atomic mass is 10.1. The largest absolute Gasteiger partial charge is 0.337 e. The van der Waals surface area contributed by atoms with Gasteiger partial charge < -0.3 is 4.57 Å². The number of aryl methyl sites for hydroxylation is 2. The van der Waals surface area contributed by atoms with E-state index in [2.05, 4.69) is 4.98 Å². The first-order chi connectivity index (χ1) is 13.2. The van der Waals surface area contributed by atoms with Gasteiger partial charge in [-0.1, -0.05) is 48.5 Å². The second kappa shape index (κ2) is 7.07. The molecule has 0 bridgehead atoms. The number of para-hydroxylation sites is 1. The maximum Gasteiger partial charge on any atom is 0.337 e. The highest BCUT2D eigenvalue weighted by Gasteiger charge is 2.18. The Bertz CT molecular complexity index is 1190. The van der Waals surface area contributed by atoms with E-state index >= 15 is 0 Å². The summed E-state index contributed by atoms with van der Waals surface area (Å²) in [5, 5.41) is 0. The van der Waals surface area contributed by atoms with E-state index in [1.807, 2.05) is 67.6 Å². The van der Waals surface area contributed by atoms with Crippen LogP contribution in [-0.4, -0.2) is 18.7 Å². The highest BCUT2D eigenvalue weighted by Crippen LogP contribution is 2.13. The van der Waals surface area contributed by atoms with Crippen LogP contribution in [0.25, 0.3) is 16.9 Å². The van der Waals surface area contributed by atoms with E-state index in [-0.39, 0.29) is 11.2 Å². The molecule has 2 aromatic carbocycles. The van der Waals surface area contributed by atoms with Crippen molar-refractivity contribution in [2.45, 2.75) is 26.4 Å². The summed E-state index contributed by atoms with van der Waals surface area (Å²) in [6.45, 7) is 2.88. The number of hydrogen-bond acceptors (Lipinski definition) is 3. The van der Waals surface area contributed by atoms with Gasteiger partial charge in [-0.05, 0) is 31.0 Å². The van der Waals surface area contributed by atoms with Crippen molar-refractivity contribution >= 4 is 11.2 Å². The van der Waals surface area contributed by atoms with Gasteiger partial charge >= 0.3 is 5.69 Å². The molecule has 0 aliphatic heterocycles. The van der Waals surface area contributed by atoms with E-state index in [0.29, 0.717) is 36.4 Å². The van der Waals surface area contributed by atoms with Gasteiger partial charge in [-0.3, -0.25) is 9.36 Å². The van der Waals surface area contributed by atoms with Gasteiger partial charge in [0, 0.05) is 13.1 Å². The molecule has 4 rings (SSSR count). The zero-order valence-electron chi connectivity index (χ0n) is 15.1. The third kappa shape index (κ3) is 2.99. The maximum atomic E-state index is 13.2. The average molecular weight is 360 g/mol. The van der Waals surface area contributed by atoms with E-state index in [1.54, 1.807) is 10.9 Å². The zero-order valence-corrected chi connectivity index (χ0v) is 15.1. The average Bonchev–Trinajstić information content (AvgIpc) is 3.13. The van der Waals surface area contributed by atoms with Crippen LogP contribution in [0.4, 0.5) is 0 Å². The lowest BCUT2D eigenvalue weighted by Gasteiger charge is -2.12. The first-order valence-corrected chi connectivity index (χ1v) is 9.00. The number of rotatable bonds is 5. The van der Waals surface area contributed by atoms with Crippen molar-refractivity contribution in [1.82, 2.24) is 18.7 Å². The minimum absolute atomic E-state index is 0.294. The molecule has 136 valence electrons.